The fraction of sp³-hybridized carbons (Fsp3) is 0.467. The normalized spacial score (nSPS) is 10.8. The van der Waals surface area contributed by atoms with Crippen LogP contribution in [-0.4, -0.2) is 25.2 Å². The lowest BCUT2D eigenvalue weighted by atomic mass is 10.1. The van der Waals surface area contributed by atoms with Gasteiger partial charge in [0.15, 0.2) is 0 Å². The van der Waals surface area contributed by atoms with Crippen molar-refractivity contribution in [3.05, 3.63) is 32.2 Å². The largest absolute Gasteiger partial charge is 0.462 e. The Labute approximate surface area is 131 Å². The number of carbonyl (C=O) groups is 1. The zero-order valence-corrected chi connectivity index (χ0v) is 15.0. The molecule has 0 atom stereocenters. The van der Waals surface area contributed by atoms with Gasteiger partial charge in [0.25, 0.3) is 5.56 Å². The van der Waals surface area contributed by atoms with Gasteiger partial charge < -0.3 is 9.30 Å². The minimum Gasteiger partial charge on any atom is -0.462 e. The number of halogens is 1. The van der Waals surface area contributed by atoms with E-state index in [-0.39, 0.29) is 22.8 Å². The van der Waals surface area contributed by atoms with E-state index in [4.69, 9.17) is 16.3 Å². The van der Waals surface area contributed by atoms with Crippen LogP contribution >= 0.6 is 11.6 Å². The number of hydrogen-bond donors (Lipinski definition) is 0. The highest BCUT2D eigenvalue weighted by molar-refractivity contribution is 6.83. The van der Waals surface area contributed by atoms with Gasteiger partial charge in [0.2, 0.25) is 0 Å². The van der Waals surface area contributed by atoms with Crippen molar-refractivity contribution >= 4 is 25.6 Å². The Morgan fingerprint density at radius 3 is 2.43 bits per heavy atom. The Morgan fingerprint density at radius 1 is 1.38 bits per heavy atom. The molecule has 0 aliphatic rings. The molecule has 0 aliphatic heterocycles. The molecule has 0 radical (unpaired) electrons. The van der Waals surface area contributed by atoms with Crippen LogP contribution in [0.2, 0.25) is 24.7 Å². The molecule has 1 heterocycles. The molecular weight excluding hydrogens is 306 g/mol. The first-order valence-corrected chi connectivity index (χ1v) is 10.6. The third-order valence-corrected chi connectivity index (χ3v) is 4.13. The van der Waals surface area contributed by atoms with Crippen LogP contribution < -0.4 is 5.56 Å². The van der Waals surface area contributed by atoms with Crippen molar-refractivity contribution < 1.29 is 9.53 Å². The van der Waals surface area contributed by atoms with E-state index >= 15 is 0 Å². The number of esters is 1. The van der Waals surface area contributed by atoms with Crippen molar-refractivity contribution in [2.75, 3.05) is 6.61 Å². The van der Waals surface area contributed by atoms with E-state index in [0.29, 0.717) is 11.3 Å². The van der Waals surface area contributed by atoms with Crippen molar-refractivity contribution in [1.82, 2.24) is 4.57 Å². The molecule has 0 saturated carbocycles. The zero-order chi connectivity index (χ0) is 16.4. The fourth-order valence-corrected chi connectivity index (χ4v) is 2.43. The molecule has 0 saturated heterocycles. The Bertz CT molecular complexity index is 690. The lowest BCUT2D eigenvalue weighted by molar-refractivity contribution is 0.0525. The fourth-order valence-electron chi connectivity index (χ4n) is 1.69. The second-order valence-electron chi connectivity index (χ2n) is 5.75. The van der Waals surface area contributed by atoms with Gasteiger partial charge in [-0.3, -0.25) is 4.79 Å². The van der Waals surface area contributed by atoms with E-state index in [1.165, 1.54) is 4.57 Å². The molecule has 114 valence electrons. The molecule has 0 N–H and O–H groups in total. The Morgan fingerprint density at radius 2 is 1.95 bits per heavy atom. The van der Waals surface area contributed by atoms with Crippen molar-refractivity contribution in [1.29, 1.82) is 0 Å². The minimum absolute atomic E-state index is 0.122. The van der Waals surface area contributed by atoms with Crippen LogP contribution in [0.25, 0.3) is 0 Å². The number of carbonyl (C=O) groups excluding carboxylic acids is 1. The summed E-state index contributed by atoms with van der Waals surface area (Å²) in [4.78, 5) is 24.3. The first kappa shape index (κ1) is 17.5. The van der Waals surface area contributed by atoms with E-state index < -0.39 is 14.0 Å². The molecule has 0 bridgehead atoms. The van der Waals surface area contributed by atoms with Crippen molar-refractivity contribution in [3.63, 3.8) is 0 Å². The number of pyridine rings is 1. The van der Waals surface area contributed by atoms with Crippen LogP contribution in [-0.2, 0) is 11.8 Å². The molecule has 21 heavy (non-hydrogen) atoms. The van der Waals surface area contributed by atoms with Gasteiger partial charge in [-0.2, -0.15) is 0 Å². The van der Waals surface area contributed by atoms with Crippen LogP contribution in [0.5, 0.6) is 0 Å². The van der Waals surface area contributed by atoms with Crippen molar-refractivity contribution in [3.8, 4) is 11.5 Å². The maximum Gasteiger partial charge on any atom is 0.342 e. The third kappa shape index (κ3) is 3.99. The predicted molar refractivity (Wildman–Crippen MR) is 87.6 cm³/mol. The molecule has 0 fully saturated rings. The number of hydrogen-bond acceptors (Lipinski definition) is 3. The smallest absolute Gasteiger partial charge is 0.342 e. The molecule has 0 spiro atoms. The SMILES string of the molecule is CCOC(=O)c1c(Cl)c(C)c(=O)n(C)c1C#C[Si](C)(C)C. The second-order valence-corrected chi connectivity index (χ2v) is 10.9. The first-order valence-electron chi connectivity index (χ1n) is 6.69. The van der Waals surface area contributed by atoms with Gasteiger partial charge in [-0.15, -0.1) is 5.54 Å². The number of nitrogens with zero attached hydrogens (tertiary/aromatic N) is 1. The topological polar surface area (TPSA) is 48.3 Å². The lowest BCUT2D eigenvalue weighted by Crippen LogP contribution is -2.26. The first-order chi connectivity index (χ1) is 9.60. The van der Waals surface area contributed by atoms with Gasteiger partial charge in [0, 0.05) is 12.6 Å². The number of ether oxygens (including phenoxy) is 1. The standard InChI is InChI=1S/C15H20ClNO3Si/c1-7-20-15(19)12-11(8-9-21(4,5)6)17(3)14(18)10(2)13(12)16/h7H2,1-6H3. The Kier molecular flexibility index (Phi) is 5.43. The lowest BCUT2D eigenvalue weighted by Gasteiger charge is -2.13. The highest BCUT2D eigenvalue weighted by Crippen LogP contribution is 2.22. The highest BCUT2D eigenvalue weighted by atomic mass is 35.5. The monoisotopic (exact) mass is 325 g/mol. The summed E-state index contributed by atoms with van der Waals surface area (Å²) in [5, 5.41) is 0.122. The summed E-state index contributed by atoms with van der Waals surface area (Å²) in [5.41, 5.74) is 3.70. The quantitative estimate of drug-likeness (QED) is 0.477. The number of aromatic nitrogens is 1. The zero-order valence-electron chi connectivity index (χ0n) is 13.3. The third-order valence-electron chi connectivity index (χ3n) is 2.78. The maximum atomic E-state index is 12.1. The Balaban J connectivity index is 3.70. The molecule has 1 aromatic heterocycles. The van der Waals surface area contributed by atoms with Gasteiger partial charge in [-0.05, 0) is 13.8 Å². The van der Waals surface area contributed by atoms with Gasteiger partial charge in [-0.25, -0.2) is 4.79 Å². The summed E-state index contributed by atoms with van der Waals surface area (Å²) >= 11 is 6.19. The van der Waals surface area contributed by atoms with Gasteiger partial charge in [0.1, 0.15) is 19.3 Å². The van der Waals surface area contributed by atoms with Gasteiger partial charge >= 0.3 is 5.97 Å². The summed E-state index contributed by atoms with van der Waals surface area (Å²) in [6.07, 6.45) is 0. The maximum absolute atomic E-state index is 12.1. The van der Waals surface area contributed by atoms with E-state index in [0.717, 1.165) is 0 Å². The molecule has 0 aliphatic carbocycles. The summed E-state index contributed by atoms with van der Waals surface area (Å²) < 4.78 is 6.40. The molecular formula is C15H20ClNO3Si. The molecule has 0 aromatic carbocycles. The van der Waals surface area contributed by atoms with Crippen LogP contribution in [0.4, 0.5) is 0 Å². The molecule has 1 rings (SSSR count). The molecule has 0 amide bonds. The van der Waals surface area contributed by atoms with E-state index in [9.17, 15) is 9.59 Å². The highest BCUT2D eigenvalue weighted by Gasteiger charge is 2.23. The van der Waals surface area contributed by atoms with Crippen molar-refractivity contribution in [2.45, 2.75) is 33.5 Å². The van der Waals surface area contributed by atoms with E-state index in [1.54, 1.807) is 20.9 Å². The minimum atomic E-state index is -1.66. The summed E-state index contributed by atoms with van der Waals surface area (Å²) in [6, 6.07) is 0. The summed E-state index contributed by atoms with van der Waals surface area (Å²) in [5.74, 6) is 2.40. The average Bonchev–Trinajstić information content (AvgIpc) is 2.38. The van der Waals surface area contributed by atoms with Crippen LogP contribution in [0.15, 0.2) is 4.79 Å². The van der Waals surface area contributed by atoms with Crippen LogP contribution in [0, 0.1) is 18.4 Å². The molecule has 0 unspecified atom stereocenters. The number of rotatable bonds is 2. The van der Waals surface area contributed by atoms with Crippen LogP contribution in [0.3, 0.4) is 0 Å². The molecule has 6 heteroatoms. The average molecular weight is 326 g/mol. The summed E-state index contributed by atoms with van der Waals surface area (Å²) in [6.45, 7) is 9.78. The van der Waals surface area contributed by atoms with Crippen LogP contribution in [0.1, 0.15) is 28.5 Å². The predicted octanol–water partition coefficient (Wildman–Crippen LogP) is 2.75. The molecule has 1 aromatic rings. The van der Waals surface area contributed by atoms with Crippen molar-refractivity contribution in [2.24, 2.45) is 7.05 Å². The molecule has 4 nitrogen and oxygen atoms in total. The summed E-state index contributed by atoms with van der Waals surface area (Å²) in [7, 11) is -0.0733. The van der Waals surface area contributed by atoms with E-state index in [2.05, 4.69) is 31.1 Å². The van der Waals surface area contributed by atoms with E-state index in [1.807, 2.05) is 0 Å². The van der Waals surface area contributed by atoms with Gasteiger partial charge in [-0.1, -0.05) is 37.2 Å². The second kappa shape index (κ2) is 6.50. The van der Waals surface area contributed by atoms with Gasteiger partial charge in [0.05, 0.1) is 11.6 Å². The Hall–Kier alpha value is -1.51.